The number of hydrogen-bond acceptors (Lipinski definition) is 1. The van der Waals surface area contributed by atoms with Crippen LogP contribution in [-0.4, -0.2) is 20.0 Å². The van der Waals surface area contributed by atoms with Gasteiger partial charge in [0.1, 0.15) is 0 Å². The summed E-state index contributed by atoms with van der Waals surface area (Å²) in [5.41, 5.74) is 0. The van der Waals surface area contributed by atoms with Gasteiger partial charge in [-0.05, 0) is 20.5 Å². The number of alkyl halides is 1. The Morgan fingerprint density at radius 2 is 1.31 bits per heavy atom. The van der Waals surface area contributed by atoms with Gasteiger partial charge in [-0.2, -0.15) is 0 Å². The first-order chi connectivity index (χ1) is 5.83. The Hall–Kier alpha value is 0.540. The molecule has 0 heterocycles. The largest absolute Gasteiger partial charge is 0.323 e. The summed E-state index contributed by atoms with van der Waals surface area (Å²) in [6.45, 7) is 2.24. The van der Waals surface area contributed by atoms with E-state index in [-0.39, 0.29) is 12.4 Å². The highest BCUT2D eigenvalue weighted by Gasteiger charge is 1.86. The summed E-state index contributed by atoms with van der Waals surface area (Å²) >= 11 is 5.51. The highest BCUT2D eigenvalue weighted by molar-refractivity contribution is 6.17. The summed E-state index contributed by atoms with van der Waals surface area (Å²) in [5.74, 6) is 0.839. The zero-order valence-corrected chi connectivity index (χ0v) is 10.8. The zero-order valence-electron chi connectivity index (χ0n) is 9.24. The quantitative estimate of drug-likeness (QED) is 0.540. The third-order valence-electron chi connectivity index (χ3n) is 1.49. The summed E-state index contributed by atoms with van der Waals surface area (Å²) in [5, 5.41) is 2.75. The predicted molar refractivity (Wildman–Crippen MR) is 66.3 cm³/mol. The van der Waals surface area contributed by atoms with Gasteiger partial charge in [0.15, 0.2) is 0 Å². The summed E-state index contributed by atoms with van der Waals surface area (Å²) < 4.78 is 0. The second-order valence-electron chi connectivity index (χ2n) is 2.96. The molecule has 0 bridgehead atoms. The van der Waals surface area contributed by atoms with E-state index in [0.717, 1.165) is 5.88 Å². The highest BCUT2D eigenvalue weighted by atomic mass is 35.5. The Bertz CT molecular complexity index is 54.9. The van der Waals surface area contributed by atoms with Gasteiger partial charge in [0.25, 0.3) is 0 Å². The molecule has 0 fully saturated rings. The molecule has 13 heavy (non-hydrogen) atoms. The molecule has 1 N–H and O–H groups in total. The number of nitrogens with one attached hydrogen (secondary N) is 1. The van der Waals surface area contributed by atoms with E-state index in [9.17, 15) is 0 Å². The van der Waals surface area contributed by atoms with Crippen molar-refractivity contribution in [1.82, 2.24) is 5.32 Å². The zero-order chi connectivity index (χ0) is 9.66. The number of hydrogen-bond donors (Lipinski definition) is 1. The van der Waals surface area contributed by atoms with Crippen LogP contribution in [0.2, 0.25) is 0 Å². The van der Waals surface area contributed by atoms with E-state index in [2.05, 4.69) is 12.2 Å². The Balaban J connectivity index is -0.000000220. The average molecular weight is 230 g/mol. The number of rotatable bonds is 6. The SMILES string of the molecule is CCCCCCCCCl.CNC.Cl. The molecule has 0 spiro atoms. The van der Waals surface area contributed by atoms with E-state index in [0.29, 0.717) is 0 Å². The van der Waals surface area contributed by atoms with E-state index in [1.54, 1.807) is 0 Å². The van der Waals surface area contributed by atoms with E-state index in [4.69, 9.17) is 11.6 Å². The summed E-state index contributed by atoms with van der Waals surface area (Å²) in [6, 6.07) is 0. The molecule has 0 saturated heterocycles. The lowest BCUT2D eigenvalue weighted by Crippen LogP contribution is -1.89. The molecule has 0 aromatic rings. The molecule has 0 rings (SSSR count). The molecule has 0 aliphatic rings. The molecular weight excluding hydrogens is 205 g/mol. The van der Waals surface area contributed by atoms with Crippen molar-refractivity contribution in [1.29, 1.82) is 0 Å². The smallest absolute Gasteiger partial charge is 0.0223 e. The first-order valence-corrected chi connectivity index (χ1v) is 5.51. The van der Waals surface area contributed by atoms with E-state index < -0.39 is 0 Å². The van der Waals surface area contributed by atoms with Gasteiger partial charge >= 0.3 is 0 Å². The minimum Gasteiger partial charge on any atom is -0.323 e. The van der Waals surface area contributed by atoms with Crippen LogP contribution in [0.1, 0.15) is 45.4 Å². The molecular formula is C10H25Cl2N. The molecule has 0 aliphatic carbocycles. The second-order valence-corrected chi connectivity index (χ2v) is 3.33. The monoisotopic (exact) mass is 229 g/mol. The first kappa shape index (κ1) is 19.2. The summed E-state index contributed by atoms with van der Waals surface area (Å²) in [7, 11) is 3.75. The molecule has 1 nitrogen and oxygen atoms in total. The Labute approximate surface area is 95.0 Å². The Kier molecular flexibility index (Phi) is 33.8. The molecule has 0 aromatic carbocycles. The molecule has 0 atom stereocenters. The van der Waals surface area contributed by atoms with Crippen LogP contribution in [0.3, 0.4) is 0 Å². The van der Waals surface area contributed by atoms with Crippen molar-refractivity contribution in [3.05, 3.63) is 0 Å². The molecule has 84 valence electrons. The fourth-order valence-corrected chi connectivity index (χ4v) is 1.06. The highest BCUT2D eigenvalue weighted by Crippen LogP contribution is 2.04. The van der Waals surface area contributed by atoms with Gasteiger partial charge in [0, 0.05) is 5.88 Å². The van der Waals surface area contributed by atoms with Gasteiger partial charge in [-0.1, -0.05) is 39.0 Å². The maximum absolute atomic E-state index is 5.51. The van der Waals surface area contributed by atoms with Gasteiger partial charge in [-0.25, -0.2) is 0 Å². The van der Waals surface area contributed by atoms with Crippen LogP contribution in [0.5, 0.6) is 0 Å². The van der Waals surface area contributed by atoms with Gasteiger partial charge < -0.3 is 5.32 Å². The second kappa shape index (κ2) is 22.9. The summed E-state index contributed by atoms with van der Waals surface area (Å²) in [4.78, 5) is 0. The van der Waals surface area contributed by atoms with Crippen molar-refractivity contribution >= 4 is 24.0 Å². The molecule has 0 unspecified atom stereocenters. The van der Waals surface area contributed by atoms with E-state index in [1.165, 1.54) is 38.5 Å². The lowest BCUT2D eigenvalue weighted by atomic mass is 10.1. The van der Waals surface area contributed by atoms with Crippen LogP contribution in [-0.2, 0) is 0 Å². The van der Waals surface area contributed by atoms with E-state index in [1.807, 2.05) is 14.1 Å². The fourth-order valence-electron chi connectivity index (χ4n) is 0.875. The first-order valence-electron chi connectivity index (χ1n) is 4.97. The maximum atomic E-state index is 5.51. The van der Waals surface area contributed by atoms with Crippen molar-refractivity contribution in [3.8, 4) is 0 Å². The minimum atomic E-state index is 0. The third kappa shape index (κ3) is 32.6. The Morgan fingerprint density at radius 3 is 1.69 bits per heavy atom. The Morgan fingerprint density at radius 1 is 0.923 bits per heavy atom. The molecule has 0 radical (unpaired) electrons. The van der Waals surface area contributed by atoms with Crippen LogP contribution in [0.15, 0.2) is 0 Å². The van der Waals surface area contributed by atoms with Crippen LogP contribution < -0.4 is 5.32 Å². The fraction of sp³-hybridized carbons (Fsp3) is 1.00. The molecule has 0 amide bonds. The average Bonchev–Trinajstić information content (AvgIpc) is 2.06. The predicted octanol–water partition coefficient (Wildman–Crippen LogP) is 3.84. The van der Waals surface area contributed by atoms with Crippen LogP contribution >= 0.6 is 24.0 Å². The number of halogens is 2. The number of unbranched alkanes of at least 4 members (excludes halogenated alkanes) is 5. The molecule has 0 saturated carbocycles. The third-order valence-corrected chi connectivity index (χ3v) is 1.75. The maximum Gasteiger partial charge on any atom is 0.0223 e. The van der Waals surface area contributed by atoms with Crippen molar-refractivity contribution in [2.45, 2.75) is 45.4 Å². The molecule has 3 heteroatoms. The van der Waals surface area contributed by atoms with Gasteiger partial charge in [-0.15, -0.1) is 24.0 Å². The van der Waals surface area contributed by atoms with Gasteiger partial charge in [0.2, 0.25) is 0 Å². The molecule has 0 aliphatic heterocycles. The van der Waals surface area contributed by atoms with Gasteiger partial charge in [-0.3, -0.25) is 0 Å². The normalized spacial score (nSPS) is 8.31. The van der Waals surface area contributed by atoms with Crippen LogP contribution in [0.4, 0.5) is 0 Å². The summed E-state index contributed by atoms with van der Waals surface area (Å²) in [6.07, 6.45) is 8.02. The van der Waals surface area contributed by atoms with Crippen molar-refractivity contribution < 1.29 is 0 Å². The van der Waals surface area contributed by atoms with Crippen molar-refractivity contribution in [3.63, 3.8) is 0 Å². The van der Waals surface area contributed by atoms with Crippen molar-refractivity contribution in [2.75, 3.05) is 20.0 Å². The van der Waals surface area contributed by atoms with Gasteiger partial charge in [0.05, 0.1) is 0 Å². The standard InChI is InChI=1S/C8H17Cl.C2H7N.ClH/c1-2-3-4-5-6-7-8-9;1-3-2;/h2-8H2,1H3;3H,1-2H3;1H. The van der Waals surface area contributed by atoms with E-state index >= 15 is 0 Å². The topological polar surface area (TPSA) is 12.0 Å². The molecule has 0 aromatic heterocycles. The van der Waals surface area contributed by atoms with Crippen molar-refractivity contribution in [2.24, 2.45) is 0 Å². The lowest BCUT2D eigenvalue weighted by molar-refractivity contribution is 0.626. The lowest BCUT2D eigenvalue weighted by Gasteiger charge is -1.95. The van der Waals surface area contributed by atoms with Crippen LogP contribution in [0.25, 0.3) is 0 Å². The van der Waals surface area contributed by atoms with Crippen LogP contribution in [0, 0.1) is 0 Å². The minimum absolute atomic E-state index is 0.